The average Bonchev–Trinajstić information content (AvgIpc) is 2.55. The number of phenols is 1. The highest BCUT2D eigenvalue weighted by molar-refractivity contribution is 5.88. The SMILES string of the molecule is COc1cc2c(Oc3ccc([N+](=O)[O-])cn3)ccnc2cc1O. The fourth-order valence-corrected chi connectivity index (χ4v) is 2.04. The molecule has 1 N–H and O–H groups in total. The van der Waals surface area contributed by atoms with Crippen LogP contribution in [-0.4, -0.2) is 27.1 Å². The Kier molecular flexibility index (Phi) is 3.63. The van der Waals surface area contributed by atoms with E-state index in [9.17, 15) is 15.2 Å². The third-order valence-electron chi connectivity index (χ3n) is 3.15. The Morgan fingerprint density at radius 1 is 1.17 bits per heavy atom. The number of aromatic hydroxyl groups is 1. The van der Waals surface area contributed by atoms with Crippen molar-refractivity contribution in [2.75, 3.05) is 7.11 Å². The first-order valence-corrected chi connectivity index (χ1v) is 6.52. The molecule has 0 radical (unpaired) electrons. The van der Waals surface area contributed by atoms with Gasteiger partial charge >= 0.3 is 0 Å². The van der Waals surface area contributed by atoms with Crippen molar-refractivity contribution in [3.05, 3.63) is 52.8 Å². The predicted molar refractivity (Wildman–Crippen MR) is 80.9 cm³/mol. The fraction of sp³-hybridized carbons (Fsp3) is 0.0667. The van der Waals surface area contributed by atoms with E-state index in [1.165, 1.54) is 31.5 Å². The molecule has 2 aromatic heterocycles. The molecule has 2 heterocycles. The zero-order valence-electron chi connectivity index (χ0n) is 12.0. The number of pyridine rings is 2. The van der Waals surface area contributed by atoms with Crippen molar-refractivity contribution in [3.8, 4) is 23.1 Å². The average molecular weight is 313 g/mol. The van der Waals surface area contributed by atoms with E-state index in [4.69, 9.17) is 9.47 Å². The number of benzene rings is 1. The minimum absolute atomic E-state index is 0.0295. The lowest BCUT2D eigenvalue weighted by Gasteiger charge is -2.10. The van der Waals surface area contributed by atoms with Crippen molar-refractivity contribution in [1.82, 2.24) is 9.97 Å². The van der Waals surface area contributed by atoms with Crippen LogP contribution < -0.4 is 9.47 Å². The molecule has 23 heavy (non-hydrogen) atoms. The maximum absolute atomic E-state index is 10.6. The first-order valence-electron chi connectivity index (χ1n) is 6.52. The molecular weight excluding hydrogens is 302 g/mol. The molecule has 0 amide bonds. The second-order valence-electron chi connectivity index (χ2n) is 4.56. The van der Waals surface area contributed by atoms with Crippen LogP contribution in [0.15, 0.2) is 42.7 Å². The quantitative estimate of drug-likeness (QED) is 0.582. The van der Waals surface area contributed by atoms with Gasteiger partial charge in [0, 0.05) is 29.8 Å². The molecule has 1 aromatic carbocycles. The van der Waals surface area contributed by atoms with Crippen LogP contribution in [0.3, 0.4) is 0 Å². The maximum Gasteiger partial charge on any atom is 0.287 e. The van der Waals surface area contributed by atoms with Crippen LogP contribution in [0.2, 0.25) is 0 Å². The molecule has 0 atom stereocenters. The van der Waals surface area contributed by atoms with Crippen molar-refractivity contribution < 1.29 is 19.5 Å². The standard InChI is InChI=1S/C15H11N3O5/c1-22-14-6-10-11(7-12(14)19)16-5-4-13(10)23-15-3-2-9(8-17-15)18(20)21/h2-8,19H,1H3. The minimum Gasteiger partial charge on any atom is -0.504 e. The first-order chi connectivity index (χ1) is 11.1. The molecule has 0 unspecified atom stereocenters. The van der Waals surface area contributed by atoms with Gasteiger partial charge in [0.05, 0.1) is 17.5 Å². The molecule has 0 bridgehead atoms. The van der Waals surface area contributed by atoms with Crippen LogP contribution in [0.4, 0.5) is 5.69 Å². The van der Waals surface area contributed by atoms with Crippen molar-refractivity contribution in [3.63, 3.8) is 0 Å². The molecule has 0 fully saturated rings. The van der Waals surface area contributed by atoms with Crippen LogP contribution in [0.1, 0.15) is 0 Å². The second-order valence-corrected chi connectivity index (χ2v) is 4.56. The van der Waals surface area contributed by atoms with Gasteiger partial charge in [-0.05, 0) is 12.1 Å². The second kappa shape index (κ2) is 5.76. The van der Waals surface area contributed by atoms with E-state index >= 15 is 0 Å². The highest BCUT2D eigenvalue weighted by Crippen LogP contribution is 2.35. The topological polar surface area (TPSA) is 108 Å². The van der Waals surface area contributed by atoms with Crippen LogP contribution in [-0.2, 0) is 0 Å². The number of methoxy groups -OCH3 is 1. The summed E-state index contributed by atoms with van der Waals surface area (Å²) in [6.45, 7) is 0. The van der Waals surface area contributed by atoms with Gasteiger partial charge in [0.25, 0.3) is 5.69 Å². The molecule has 0 aliphatic rings. The summed E-state index contributed by atoms with van der Waals surface area (Å²) in [6.07, 6.45) is 2.64. The molecule has 0 aliphatic heterocycles. The van der Waals surface area contributed by atoms with Gasteiger partial charge in [0.15, 0.2) is 11.5 Å². The molecule has 0 aliphatic carbocycles. The molecule has 116 valence electrons. The highest BCUT2D eigenvalue weighted by Gasteiger charge is 2.11. The Hall–Kier alpha value is -3.42. The summed E-state index contributed by atoms with van der Waals surface area (Å²) in [4.78, 5) is 18.1. The number of rotatable bonds is 4. The monoisotopic (exact) mass is 313 g/mol. The summed E-state index contributed by atoms with van der Waals surface area (Å²) in [7, 11) is 1.44. The molecule has 8 heteroatoms. The lowest BCUT2D eigenvalue weighted by Crippen LogP contribution is -1.93. The van der Waals surface area contributed by atoms with E-state index in [-0.39, 0.29) is 23.1 Å². The lowest BCUT2D eigenvalue weighted by atomic mass is 10.2. The smallest absolute Gasteiger partial charge is 0.287 e. The molecule has 3 aromatic rings. The molecular formula is C15H11N3O5. The van der Waals surface area contributed by atoms with Gasteiger partial charge in [-0.3, -0.25) is 15.1 Å². The van der Waals surface area contributed by atoms with Gasteiger partial charge in [-0.2, -0.15) is 0 Å². The van der Waals surface area contributed by atoms with Crippen molar-refractivity contribution in [1.29, 1.82) is 0 Å². The van der Waals surface area contributed by atoms with E-state index in [2.05, 4.69) is 9.97 Å². The summed E-state index contributed by atoms with van der Waals surface area (Å²) < 4.78 is 10.7. The third-order valence-corrected chi connectivity index (χ3v) is 3.15. The predicted octanol–water partition coefficient (Wildman–Crippen LogP) is 3.04. The molecule has 0 spiro atoms. The summed E-state index contributed by atoms with van der Waals surface area (Å²) in [5.41, 5.74) is 0.395. The summed E-state index contributed by atoms with van der Waals surface area (Å²) in [6, 6.07) is 7.39. The van der Waals surface area contributed by atoms with Crippen LogP contribution in [0.5, 0.6) is 23.1 Å². The summed E-state index contributed by atoms with van der Waals surface area (Å²) in [5.74, 6) is 0.898. The van der Waals surface area contributed by atoms with Crippen LogP contribution in [0, 0.1) is 10.1 Å². The zero-order valence-corrected chi connectivity index (χ0v) is 12.0. The fourth-order valence-electron chi connectivity index (χ4n) is 2.04. The minimum atomic E-state index is -0.535. The Bertz CT molecular complexity index is 880. The number of phenolic OH excluding ortho intramolecular Hbond substituents is 1. The van der Waals surface area contributed by atoms with E-state index < -0.39 is 4.92 Å². The van der Waals surface area contributed by atoms with Gasteiger partial charge < -0.3 is 14.6 Å². The summed E-state index contributed by atoms with van der Waals surface area (Å²) >= 11 is 0. The molecule has 8 nitrogen and oxygen atoms in total. The van der Waals surface area contributed by atoms with E-state index in [0.717, 1.165) is 6.20 Å². The van der Waals surface area contributed by atoms with Gasteiger partial charge in [0.1, 0.15) is 11.9 Å². The van der Waals surface area contributed by atoms with Gasteiger partial charge in [0.2, 0.25) is 5.88 Å². The zero-order chi connectivity index (χ0) is 16.4. The van der Waals surface area contributed by atoms with Crippen LogP contribution in [0.25, 0.3) is 10.9 Å². The number of nitro groups is 1. The van der Waals surface area contributed by atoms with Gasteiger partial charge in [-0.1, -0.05) is 0 Å². The Morgan fingerprint density at radius 2 is 2.00 bits per heavy atom. The Balaban J connectivity index is 2.00. The van der Waals surface area contributed by atoms with E-state index in [0.29, 0.717) is 16.7 Å². The van der Waals surface area contributed by atoms with E-state index in [1.807, 2.05) is 0 Å². The first kappa shape index (κ1) is 14.5. The van der Waals surface area contributed by atoms with Crippen molar-refractivity contribution in [2.24, 2.45) is 0 Å². The number of ether oxygens (including phenoxy) is 2. The van der Waals surface area contributed by atoms with E-state index in [1.54, 1.807) is 12.1 Å². The molecule has 3 rings (SSSR count). The third kappa shape index (κ3) is 2.82. The van der Waals surface area contributed by atoms with Crippen molar-refractivity contribution >= 4 is 16.6 Å². The molecule has 0 saturated carbocycles. The number of hydrogen-bond acceptors (Lipinski definition) is 7. The van der Waals surface area contributed by atoms with Crippen LogP contribution >= 0.6 is 0 Å². The number of nitrogens with zero attached hydrogens (tertiary/aromatic N) is 3. The summed E-state index contributed by atoms with van der Waals surface area (Å²) in [5, 5.41) is 21.0. The number of hydrogen-bond donors (Lipinski definition) is 1. The normalized spacial score (nSPS) is 10.5. The Labute approximate surface area is 130 Å². The Morgan fingerprint density at radius 3 is 2.65 bits per heavy atom. The molecule has 0 saturated heterocycles. The largest absolute Gasteiger partial charge is 0.504 e. The lowest BCUT2D eigenvalue weighted by molar-refractivity contribution is -0.385. The number of aromatic nitrogens is 2. The van der Waals surface area contributed by atoms with Gasteiger partial charge in [-0.15, -0.1) is 0 Å². The highest BCUT2D eigenvalue weighted by atomic mass is 16.6. The van der Waals surface area contributed by atoms with Crippen molar-refractivity contribution in [2.45, 2.75) is 0 Å². The number of fused-ring (bicyclic) bond motifs is 1. The van der Waals surface area contributed by atoms with Gasteiger partial charge in [-0.25, -0.2) is 4.98 Å². The maximum atomic E-state index is 10.6.